The molecule has 16 heavy (non-hydrogen) atoms. The van der Waals surface area contributed by atoms with Crippen LogP contribution >= 0.6 is 0 Å². The number of rotatable bonds is 5. The van der Waals surface area contributed by atoms with Crippen LogP contribution in [-0.2, 0) is 11.3 Å². The number of ether oxygens (including phenoxy) is 3. The second-order valence-corrected chi connectivity index (χ2v) is 3.21. The molecule has 88 valence electrons. The Labute approximate surface area is 94.7 Å². The molecule has 1 aromatic rings. The SMILES string of the molecule is COCc1c(OC)cc(B(O)O)cc1OC. The number of hydrogen-bond acceptors (Lipinski definition) is 5. The van der Waals surface area contributed by atoms with Crippen LogP contribution in [0.3, 0.4) is 0 Å². The van der Waals surface area contributed by atoms with Crippen LogP contribution < -0.4 is 14.9 Å². The van der Waals surface area contributed by atoms with Crippen molar-refractivity contribution in [2.75, 3.05) is 21.3 Å². The van der Waals surface area contributed by atoms with E-state index in [-0.39, 0.29) is 0 Å². The molecular weight excluding hydrogens is 211 g/mol. The van der Waals surface area contributed by atoms with Gasteiger partial charge in [-0.3, -0.25) is 0 Å². The van der Waals surface area contributed by atoms with Crippen molar-refractivity contribution in [2.24, 2.45) is 0 Å². The van der Waals surface area contributed by atoms with Crippen LogP contribution in [0, 0.1) is 0 Å². The van der Waals surface area contributed by atoms with Crippen molar-refractivity contribution in [3.63, 3.8) is 0 Å². The molecule has 0 aliphatic carbocycles. The van der Waals surface area contributed by atoms with Gasteiger partial charge in [-0.1, -0.05) is 0 Å². The Hall–Kier alpha value is -1.24. The zero-order valence-electron chi connectivity index (χ0n) is 9.56. The third-order valence-corrected chi connectivity index (χ3v) is 2.22. The average Bonchev–Trinajstić information content (AvgIpc) is 2.29. The number of benzene rings is 1. The van der Waals surface area contributed by atoms with Crippen molar-refractivity contribution in [3.05, 3.63) is 17.7 Å². The first-order valence-electron chi connectivity index (χ1n) is 4.73. The van der Waals surface area contributed by atoms with E-state index in [1.165, 1.54) is 14.2 Å². The van der Waals surface area contributed by atoms with Gasteiger partial charge in [0.15, 0.2) is 0 Å². The molecule has 1 rings (SSSR count). The highest BCUT2D eigenvalue weighted by atomic mass is 16.5. The predicted octanol–water partition coefficient (Wildman–Crippen LogP) is -0.470. The summed E-state index contributed by atoms with van der Waals surface area (Å²) in [6.45, 7) is 0.328. The zero-order chi connectivity index (χ0) is 12.1. The fourth-order valence-corrected chi connectivity index (χ4v) is 1.44. The van der Waals surface area contributed by atoms with Gasteiger partial charge in [0.1, 0.15) is 11.5 Å². The van der Waals surface area contributed by atoms with Gasteiger partial charge in [0.2, 0.25) is 0 Å². The van der Waals surface area contributed by atoms with Crippen LogP contribution in [0.1, 0.15) is 5.56 Å². The summed E-state index contributed by atoms with van der Waals surface area (Å²) in [5.74, 6) is 1.01. The second-order valence-electron chi connectivity index (χ2n) is 3.21. The Balaban J connectivity index is 3.25. The van der Waals surface area contributed by atoms with E-state index in [1.807, 2.05) is 0 Å². The second kappa shape index (κ2) is 5.74. The van der Waals surface area contributed by atoms with Crippen LogP contribution in [0.4, 0.5) is 0 Å². The van der Waals surface area contributed by atoms with Gasteiger partial charge in [0.25, 0.3) is 0 Å². The average molecular weight is 226 g/mol. The molecule has 0 aliphatic heterocycles. The minimum absolute atomic E-state index is 0.313. The third kappa shape index (κ3) is 2.66. The molecule has 0 bridgehead atoms. The fraction of sp³-hybridized carbons (Fsp3) is 0.400. The normalized spacial score (nSPS) is 10.1. The van der Waals surface area contributed by atoms with Crippen molar-refractivity contribution in [2.45, 2.75) is 6.61 Å². The first kappa shape index (κ1) is 12.8. The molecule has 0 unspecified atom stereocenters. The van der Waals surface area contributed by atoms with Gasteiger partial charge in [-0.05, 0) is 17.6 Å². The highest BCUT2D eigenvalue weighted by Crippen LogP contribution is 2.27. The minimum atomic E-state index is -1.56. The Kier molecular flexibility index (Phi) is 4.60. The summed E-state index contributed by atoms with van der Waals surface area (Å²) >= 11 is 0. The maximum Gasteiger partial charge on any atom is 0.488 e. The molecule has 0 spiro atoms. The van der Waals surface area contributed by atoms with E-state index in [0.717, 1.165) is 5.56 Å². The zero-order valence-corrected chi connectivity index (χ0v) is 9.56. The van der Waals surface area contributed by atoms with Crippen LogP contribution in [0.2, 0.25) is 0 Å². The van der Waals surface area contributed by atoms with Gasteiger partial charge in [-0.15, -0.1) is 0 Å². The fourth-order valence-electron chi connectivity index (χ4n) is 1.44. The lowest BCUT2D eigenvalue weighted by Gasteiger charge is -2.14. The lowest BCUT2D eigenvalue weighted by atomic mass is 9.79. The highest BCUT2D eigenvalue weighted by Gasteiger charge is 2.18. The molecule has 0 amide bonds. The molecule has 2 N–H and O–H groups in total. The topological polar surface area (TPSA) is 68.2 Å². The Bertz CT molecular complexity index is 328. The van der Waals surface area contributed by atoms with Crippen molar-refractivity contribution in [1.82, 2.24) is 0 Å². The molecule has 0 aromatic heterocycles. The van der Waals surface area contributed by atoms with E-state index >= 15 is 0 Å². The monoisotopic (exact) mass is 226 g/mol. The van der Waals surface area contributed by atoms with Gasteiger partial charge in [-0.2, -0.15) is 0 Å². The molecule has 0 heterocycles. The van der Waals surface area contributed by atoms with E-state index < -0.39 is 7.12 Å². The van der Waals surface area contributed by atoms with E-state index in [1.54, 1.807) is 19.2 Å². The molecule has 0 saturated carbocycles. The molecule has 0 atom stereocenters. The summed E-state index contributed by atoms with van der Waals surface area (Å²) in [7, 11) is 3.01. The van der Waals surface area contributed by atoms with Crippen LogP contribution in [0.15, 0.2) is 12.1 Å². The van der Waals surface area contributed by atoms with Crippen molar-refractivity contribution < 1.29 is 24.3 Å². The van der Waals surface area contributed by atoms with Crippen molar-refractivity contribution >= 4 is 12.6 Å². The van der Waals surface area contributed by atoms with Crippen molar-refractivity contribution in [1.29, 1.82) is 0 Å². The summed E-state index contributed by atoms with van der Waals surface area (Å²) in [6.07, 6.45) is 0. The molecule has 1 aromatic carbocycles. The maximum atomic E-state index is 9.10. The van der Waals surface area contributed by atoms with E-state index in [2.05, 4.69) is 0 Å². The Morgan fingerprint density at radius 1 is 1.06 bits per heavy atom. The number of methoxy groups -OCH3 is 3. The van der Waals surface area contributed by atoms with E-state index in [4.69, 9.17) is 24.3 Å². The Morgan fingerprint density at radius 3 is 1.88 bits per heavy atom. The molecule has 6 heteroatoms. The minimum Gasteiger partial charge on any atom is -0.496 e. The lowest BCUT2D eigenvalue weighted by Crippen LogP contribution is -2.30. The summed E-state index contributed by atoms with van der Waals surface area (Å²) in [4.78, 5) is 0. The third-order valence-electron chi connectivity index (χ3n) is 2.22. The highest BCUT2D eigenvalue weighted by molar-refractivity contribution is 6.58. The van der Waals surface area contributed by atoms with Gasteiger partial charge in [0.05, 0.1) is 26.4 Å². The van der Waals surface area contributed by atoms with Gasteiger partial charge in [0, 0.05) is 7.11 Å². The van der Waals surface area contributed by atoms with E-state index in [9.17, 15) is 0 Å². The Morgan fingerprint density at radius 2 is 1.56 bits per heavy atom. The molecule has 5 nitrogen and oxygen atoms in total. The number of hydrogen-bond donors (Lipinski definition) is 2. The molecule has 0 radical (unpaired) electrons. The summed E-state index contributed by atoms with van der Waals surface area (Å²) in [5, 5.41) is 18.2. The van der Waals surface area contributed by atoms with E-state index in [0.29, 0.717) is 23.6 Å². The summed E-state index contributed by atoms with van der Waals surface area (Å²) in [6, 6.07) is 3.09. The maximum absolute atomic E-state index is 9.10. The smallest absolute Gasteiger partial charge is 0.488 e. The summed E-state index contributed by atoms with van der Waals surface area (Å²) < 4.78 is 15.3. The largest absolute Gasteiger partial charge is 0.496 e. The van der Waals surface area contributed by atoms with Crippen LogP contribution in [0.25, 0.3) is 0 Å². The first-order valence-corrected chi connectivity index (χ1v) is 4.73. The lowest BCUT2D eigenvalue weighted by molar-refractivity contribution is 0.178. The quantitative estimate of drug-likeness (QED) is 0.664. The molecular formula is C10H15BO5. The van der Waals surface area contributed by atoms with Crippen molar-refractivity contribution in [3.8, 4) is 11.5 Å². The predicted molar refractivity (Wildman–Crippen MR) is 60.1 cm³/mol. The van der Waals surface area contributed by atoms with Crippen LogP contribution in [0.5, 0.6) is 11.5 Å². The molecule has 0 fully saturated rings. The first-order chi connectivity index (χ1) is 7.63. The van der Waals surface area contributed by atoms with Gasteiger partial charge in [-0.25, -0.2) is 0 Å². The van der Waals surface area contributed by atoms with Gasteiger partial charge < -0.3 is 24.3 Å². The molecule has 0 saturated heterocycles. The van der Waals surface area contributed by atoms with Crippen LogP contribution in [-0.4, -0.2) is 38.5 Å². The molecule has 0 aliphatic rings. The summed E-state index contributed by atoms with van der Waals surface area (Å²) in [5.41, 5.74) is 1.05. The van der Waals surface area contributed by atoms with Gasteiger partial charge >= 0.3 is 7.12 Å². The standard InChI is InChI=1S/C10H15BO5/c1-14-6-8-9(15-2)4-7(11(12)13)5-10(8)16-3/h4-5,12-13H,6H2,1-3H3.